The molecule has 0 saturated carbocycles. The average molecular weight is 401 g/mol. The van der Waals surface area contributed by atoms with Crippen LogP contribution in [0.15, 0.2) is 47.6 Å². The Balaban J connectivity index is 1.89. The summed E-state index contributed by atoms with van der Waals surface area (Å²) in [6.45, 7) is 2.28. The second-order valence-electron chi connectivity index (χ2n) is 5.92. The summed E-state index contributed by atoms with van der Waals surface area (Å²) in [6, 6.07) is 11.1. The summed E-state index contributed by atoms with van der Waals surface area (Å²) in [4.78, 5) is 22.2. The zero-order valence-corrected chi connectivity index (χ0v) is 16.3. The van der Waals surface area contributed by atoms with Crippen LogP contribution in [0.5, 0.6) is 17.2 Å². The topological polar surface area (TPSA) is 112 Å². The van der Waals surface area contributed by atoms with E-state index in [9.17, 15) is 14.9 Å². The van der Waals surface area contributed by atoms with Gasteiger partial charge in [0.05, 0.1) is 24.9 Å². The minimum absolute atomic E-state index is 0.0139. The number of carbonyl (C=O) groups is 1. The van der Waals surface area contributed by atoms with Gasteiger partial charge in [-0.2, -0.15) is 5.10 Å². The largest absolute Gasteiger partial charge is 0.493 e. The number of nitrogens with zero attached hydrogens (tertiary/aromatic N) is 2. The number of hydrogen-bond donors (Lipinski definition) is 1. The Morgan fingerprint density at radius 3 is 2.69 bits per heavy atom. The van der Waals surface area contributed by atoms with Crippen LogP contribution in [0.4, 0.5) is 5.69 Å². The molecular weight excluding hydrogens is 378 g/mol. The summed E-state index contributed by atoms with van der Waals surface area (Å²) in [6.07, 6.45) is 3.43. The third kappa shape index (κ3) is 6.80. The first-order valence-corrected chi connectivity index (χ1v) is 9.04. The van der Waals surface area contributed by atoms with Crippen LogP contribution in [0.2, 0.25) is 0 Å². The highest BCUT2D eigenvalue weighted by molar-refractivity contribution is 5.83. The van der Waals surface area contributed by atoms with E-state index in [0.717, 1.165) is 12.8 Å². The molecule has 0 fully saturated rings. The third-order valence-electron chi connectivity index (χ3n) is 3.77. The van der Waals surface area contributed by atoms with E-state index in [-0.39, 0.29) is 11.4 Å². The molecule has 0 spiro atoms. The summed E-state index contributed by atoms with van der Waals surface area (Å²) in [5, 5.41) is 14.8. The number of unbranched alkanes of at least 4 members (excludes halogenated alkanes) is 1. The predicted molar refractivity (Wildman–Crippen MR) is 108 cm³/mol. The van der Waals surface area contributed by atoms with Gasteiger partial charge in [-0.3, -0.25) is 14.9 Å². The van der Waals surface area contributed by atoms with Gasteiger partial charge < -0.3 is 14.2 Å². The van der Waals surface area contributed by atoms with Crippen molar-refractivity contribution in [3.8, 4) is 17.2 Å². The number of ether oxygens (including phenoxy) is 3. The third-order valence-corrected chi connectivity index (χ3v) is 3.77. The molecule has 0 atom stereocenters. The van der Waals surface area contributed by atoms with Crippen molar-refractivity contribution in [1.82, 2.24) is 5.43 Å². The molecule has 0 aliphatic heterocycles. The summed E-state index contributed by atoms with van der Waals surface area (Å²) < 4.78 is 16.2. The van der Waals surface area contributed by atoms with Crippen molar-refractivity contribution >= 4 is 17.8 Å². The van der Waals surface area contributed by atoms with Crippen molar-refractivity contribution in [2.24, 2.45) is 5.10 Å². The lowest BCUT2D eigenvalue weighted by Gasteiger charge is -2.10. The number of nitro groups is 1. The minimum atomic E-state index is -0.575. The van der Waals surface area contributed by atoms with Crippen molar-refractivity contribution in [2.45, 2.75) is 19.8 Å². The van der Waals surface area contributed by atoms with Gasteiger partial charge in [0.15, 0.2) is 23.9 Å². The van der Waals surface area contributed by atoms with Crippen molar-refractivity contribution in [2.75, 3.05) is 20.3 Å². The first-order valence-electron chi connectivity index (χ1n) is 9.04. The molecule has 0 bridgehead atoms. The minimum Gasteiger partial charge on any atom is -0.493 e. The standard InChI is InChI=1S/C20H23N3O6/c1-3-4-11-28-18-10-9-15(12-19(18)27-2)13-21-22-20(24)14-29-17-8-6-5-7-16(17)23(25)26/h5-10,12-13H,3-4,11,14H2,1-2H3,(H,22,24). The molecule has 9 nitrogen and oxygen atoms in total. The molecule has 0 unspecified atom stereocenters. The molecule has 0 aromatic heterocycles. The molecule has 0 aliphatic rings. The second kappa shape index (κ2) is 11.3. The Bertz CT molecular complexity index is 869. The van der Waals surface area contributed by atoms with Crippen LogP contribution in [0, 0.1) is 10.1 Å². The Kier molecular flexibility index (Phi) is 8.43. The van der Waals surface area contributed by atoms with Crippen molar-refractivity contribution in [3.63, 3.8) is 0 Å². The van der Waals surface area contributed by atoms with Gasteiger partial charge in [-0.1, -0.05) is 25.5 Å². The summed E-state index contributed by atoms with van der Waals surface area (Å²) in [5.74, 6) is 0.669. The Labute approximate surface area is 168 Å². The van der Waals surface area contributed by atoms with Crippen LogP contribution < -0.4 is 19.6 Å². The zero-order chi connectivity index (χ0) is 21.1. The maximum Gasteiger partial charge on any atom is 0.310 e. The monoisotopic (exact) mass is 401 g/mol. The van der Waals surface area contributed by atoms with Crippen molar-refractivity contribution in [3.05, 3.63) is 58.1 Å². The number of rotatable bonds is 11. The quantitative estimate of drug-likeness (QED) is 0.268. The molecule has 2 aromatic rings. The van der Waals surface area contributed by atoms with Crippen LogP contribution in [-0.2, 0) is 4.79 Å². The zero-order valence-electron chi connectivity index (χ0n) is 16.3. The maximum atomic E-state index is 11.8. The van der Waals surface area contributed by atoms with E-state index in [4.69, 9.17) is 14.2 Å². The number of hydrazone groups is 1. The Morgan fingerprint density at radius 1 is 1.17 bits per heavy atom. The summed E-state index contributed by atoms with van der Waals surface area (Å²) in [5.41, 5.74) is 2.80. The van der Waals surface area contributed by atoms with Crippen molar-refractivity contribution < 1.29 is 23.9 Å². The number of carbonyl (C=O) groups excluding carboxylic acids is 1. The molecule has 154 valence electrons. The van der Waals surface area contributed by atoms with Gasteiger partial charge in [0.1, 0.15) is 0 Å². The van der Waals surface area contributed by atoms with Crippen molar-refractivity contribution in [1.29, 1.82) is 0 Å². The molecule has 9 heteroatoms. The van der Waals surface area contributed by atoms with Gasteiger partial charge in [0.25, 0.3) is 5.91 Å². The summed E-state index contributed by atoms with van der Waals surface area (Å²) >= 11 is 0. The molecule has 0 saturated heterocycles. The SMILES string of the molecule is CCCCOc1ccc(C=NNC(=O)COc2ccccc2[N+](=O)[O-])cc1OC. The van der Waals surface area contributed by atoms with Gasteiger partial charge in [0.2, 0.25) is 0 Å². The Hall–Kier alpha value is -3.62. The molecule has 2 rings (SSSR count). The number of nitrogens with one attached hydrogen (secondary N) is 1. The van der Waals surface area contributed by atoms with Gasteiger partial charge >= 0.3 is 5.69 Å². The smallest absolute Gasteiger partial charge is 0.310 e. The number of benzene rings is 2. The highest BCUT2D eigenvalue weighted by Gasteiger charge is 2.14. The number of nitro benzene ring substituents is 1. The first kappa shape index (κ1) is 21.7. The fourth-order valence-electron chi connectivity index (χ4n) is 2.29. The maximum absolute atomic E-state index is 11.8. The second-order valence-corrected chi connectivity index (χ2v) is 5.92. The number of amides is 1. The van der Waals surface area contributed by atoms with E-state index in [2.05, 4.69) is 17.5 Å². The lowest BCUT2D eigenvalue weighted by Crippen LogP contribution is -2.24. The molecule has 1 amide bonds. The van der Waals surface area contributed by atoms with Gasteiger partial charge in [-0.05, 0) is 36.2 Å². The normalized spacial score (nSPS) is 10.6. The molecule has 0 aliphatic carbocycles. The fourth-order valence-corrected chi connectivity index (χ4v) is 2.29. The molecule has 2 aromatic carbocycles. The van der Waals surface area contributed by atoms with Gasteiger partial charge in [0, 0.05) is 6.07 Å². The van der Waals surface area contributed by atoms with E-state index in [1.54, 1.807) is 31.4 Å². The average Bonchev–Trinajstić information content (AvgIpc) is 2.73. The fraction of sp³-hybridized carbons (Fsp3) is 0.300. The molecule has 0 radical (unpaired) electrons. The van der Waals surface area contributed by atoms with Crippen LogP contribution >= 0.6 is 0 Å². The van der Waals surface area contributed by atoms with Gasteiger partial charge in [-0.15, -0.1) is 0 Å². The van der Waals surface area contributed by atoms with Crippen LogP contribution in [0.3, 0.4) is 0 Å². The first-order chi connectivity index (χ1) is 14.0. The van der Waals surface area contributed by atoms with Crippen LogP contribution in [0.25, 0.3) is 0 Å². The summed E-state index contributed by atoms with van der Waals surface area (Å²) in [7, 11) is 1.55. The molecule has 1 N–H and O–H groups in total. The van der Waals surface area contributed by atoms with E-state index < -0.39 is 17.4 Å². The number of para-hydroxylation sites is 2. The molecule has 29 heavy (non-hydrogen) atoms. The molecule has 0 heterocycles. The Morgan fingerprint density at radius 2 is 1.97 bits per heavy atom. The van der Waals surface area contributed by atoms with Gasteiger partial charge in [-0.25, -0.2) is 5.43 Å². The van der Waals surface area contributed by atoms with E-state index >= 15 is 0 Å². The van der Waals surface area contributed by atoms with Crippen LogP contribution in [-0.4, -0.2) is 37.4 Å². The van der Waals surface area contributed by atoms with Crippen LogP contribution in [0.1, 0.15) is 25.3 Å². The highest BCUT2D eigenvalue weighted by Crippen LogP contribution is 2.28. The lowest BCUT2D eigenvalue weighted by atomic mass is 10.2. The number of methoxy groups -OCH3 is 1. The van der Waals surface area contributed by atoms with E-state index in [0.29, 0.717) is 23.7 Å². The number of hydrogen-bond acceptors (Lipinski definition) is 7. The molecular formula is C20H23N3O6. The lowest BCUT2D eigenvalue weighted by molar-refractivity contribution is -0.385. The van der Waals surface area contributed by atoms with E-state index in [1.807, 2.05) is 0 Å². The van der Waals surface area contributed by atoms with E-state index in [1.165, 1.54) is 24.4 Å². The predicted octanol–water partition coefficient (Wildman–Crippen LogP) is 3.31. The highest BCUT2D eigenvalue weighted by atomic mass is 16.6.